The first-order chi connectivity index (χ1) is 15.3. The first-order valence-corrected chi connectivity index (χ1v) is 11.2. The highest BCUT2D eigenvalue weighted by molar-refractivity contribution is 5.85. The minimum Gasteiger partial charge on any atom is -0.480 e. The van der Waals surface area contributed by atoms with Gasteiger partial charge >= 0.3 is 5.97 Å². The molecule has 0 bridgehead atoms. The smallest absolute Gasteiger partial charge is 0.329 e. The topological polar surface area (TPSA) is 94.2 Å². The lowest BCUT2D eigenvalue weighted by Crippen LogP contribution is -2.56. The van der Waals surface area contributed by atoms with Crippen LogP contribution >= 0.6 is 12.4 Å². The van der Waals surface area contributed by atoms with Crippen LogP contribution in [0.2, 0.25) is 0 Å². The molecule has 1 aromatic rings. The summed E-state index contributed by atoms with van der Waals surface area (Å²) in [5, 5.41) is 9.07. The maximum atomic E-state index is 11.1. The van der Waals surface area contributed by atoms with E-state index in [2.05, 4.69) is 36.9 Å². The van der Waals surface area contributed by atoms with E-state index in [4.69, 9.17) is 25.1 Å². The van der Waals surface area contributed by atoms with Crippen molar-refractivity contribution in [1.82, 2.24) is 4.90 Å². The molecule has 0 spiro atoms. The molecule has 1 aromatic carbocycles. The monoisotopic (exact) mass is 478 g/mol. The number of rotatable bonds is 6. The zero-order valence-electron chi connectivity index (χ0n) is 19.7. The molecular formula is C25H35ClN2O5. The zero-order chi connectivity index (χ0) is 23.0. The third-order valence-electron chi connectivity index (χ3n) is 7.25. The fourth-order valence-electron chi connectivity index (χ4n) is 5.49. The standard InChI is InChI=1S/C25H34N2O5.ClH/c1-15-5-6-16(2)18(9-15)20-13-27-8-7-17-10-23(32-14-24(28)29)25(30-3,31-4)12-19(17)22(27)11-21(20)26;/h5-6,9-10,12,20-23H,7-8,11,13-14,26H2,1-4H3,(H,28,29);1H/t20-,21+,22+,23?;/m0./s1. The Kier molecular flexibility index (Phi) is 8.04. The fraction of sp³-hybridized carbons (Fsp3) is 0.560. The summed E-state index contributed by atoms with van der Waals surface area (Å²) in [7, 11) is 3.11. The Bertz CT molecular complexity index is 943. The highest BCUT2D eigenvalue weighted by Crippen LogP contribution is 2.43. The van der Waals surface area contributed by atoms with Gasteiger partial charge in [0.05, 0.1) is 0 Å². The number of ether oxygens (including phenoxy) is 3. The Hall–Kier alpha value is -1.74. The number of carbonyl (C=O) groups is 1. The van der Waals surface area contributed by atoms with Crippen molar-refractivity contribution in [2.45, 2.75) is 56.6 Å². The van der Waals surface area contributed by atoms with Crippen molar-refractivity contribution in [3.05, 3.63) is 58.2 Å². The lowest BCUT2D eigenvalue weighted by molar-refractivity contribution is -0.228. The van der Waals surface area contributed by atoms with Crippen molar-refractivity contribution >= 4 is 18.4 Å². The van der Waals surface area contributed by atoms with E-state index in [1.807, 2.05) is 12.2 Å². The van der Waals surface area contributed by atoms with Crippen LogP contribution in [0.4, 0.5) is 0 Å². The van der Waals surface area contributed by atoms with Gasteiger partial charge in [-0.3, -0.25) is 4.90 Å². The number of carboxylic acid groups (broad SMARTS) is 1. The molecule has 3 aliphatic rings. The summed E-state index contributed by atoms with van der Waals surface area (Å²) in [5.41, 5.74) is 13.0. The lowest BCUT2D eigenvalue weighted by Gasteiger charge is -2.50. The largest absolute Gasteiger partial charge is 0.480 e. The quantitative estimate of drug-likeness (QED) is 0.607. The van der Waals surface area contributed by atoms with E-state index in [0.717, 1.165) is 31.5 Å². The predicted molar refractivity (Wildman–Crippen MR) is 129 cm³/mol. The normalized spacial score (nSPS) is 28.6. The van der Waals surface area contributed by atoms with Crippen LogP contribution in [0, 0.1) is 13.8 Å². The third kappa shape index (κ3) is 4.90. The van der Waals surface area contributed by atoms with E-state index >= 15 is 0 Å². The summed E-state index contributed by atoms with van der Waals surface area (Å²) >= 11 is 0. The highest BCUT2D eigenvalue weighted by Gasteiger charge is 2.47. The van der Waals surface area contributed by atoms with Crippen LogP contribution in [0.15, 0.2) is 41.5 Å². The van der Waals surface area contributed by atoms with Crippen LogP contribution in [-0.2, 0) is 19.0 Å². The van der Waals surface area contributed by atoms with E-state index in [1.165, 1.54) is 22.3 Å². The molecule has 182 valence electrons. The Morgan fingerprint density at radius 1 is 1.27 bits per heavy atom. The summed E-state index contributed by atoms with van der Waals surface area (Å²) in [6.07, 6.45) is 5.04. The van der Waals surface area contributed by atoms with E-state index in [-0.39, 0.29) is 24.5 Å². The molecule has 4 rings (SSSR count). The number of hydrogen-bond donors (Lipinski definition) is 2. The molecule has 0 radical (unpaired) electrons. The molecule has 1 unspecified atom stereocenters. The molecular weight excluding hydrogens is 444 g/mol. The molecule has 4 atom stereocenters. The maximum absolute atomic E-state index is 11.1. The van der Waals surface area contributed by atoms with Crippen molar-refractivity contribution in [2.24, 2.45) is 5.73 Å². The molecule has 8 heteroatoms. The molecule has 0 saturated carbocycles. The van der Waals surface area contributed by atoms with Crippen molar-refractivity contribution in [3.63, 3.8) is 0 Å². The number of fused-ring (bicyclic) bond motifs is 3. The number of halogens is 1. The molecule has 2 aliphatic heterocycles. The maximum Gasteiger partial charge on any atom is 0.329 e. The molecule has 0 aromatic heterocycles. The molecule has 33 heavy (non-hydrogen) atoms. The van der Waals surface area contributed by atoms with Crippen LogP contribution in [0.25, 0.3) is 0 Å². The van der Waals surface area contributed by atoms with Crippen LogP contribution in [0.3, 0.4) is 0 Å². The Labute approximate surface area is 202 Å². The van der Waals surface area contributed by atoms with Crippen LogP contribution < -0.4 is 5.73 Å². The highest BCUT2D eigenvalue weighted by atomic mass is 35.5. The van der Waals surface area contributed by atoms with Gasteiger partial charge in [0, 0.05) is 45.3 Å². The van der Waals surface area contributed by atoms with Gasteiger partial charge in [-0.25, -0.2) is 4.79 Å². The van der Waals surface area contributed by atoms with E-state index in [0.29, 0.717) is 5.92 Å². The first kappa shape index (κ1) is 25.9. The second-order valence-electron chi connectivity index (χ2n) is 9.17. The van der Waals surface area contributed by atoms with Gasteiger partial charge in [0.15, 0.2) is 0 Å². The van der Waals surface area contributed by atoms with E-state index in [9.17, 15) is 4.79 Å². The molecule has 2 heterocycles. The number of nitrogens with zero attached hydrogens (tertiary/aromatic N) is 1. The summed E-state index contributed by atoms with van der Waals surface area (Å²) in [6.45, 7) is 5.72. The van der Waals surface area contributed by atoms with Crippen LogP contribution in [0.5, 0.6) is 0 Å². The number of aryl methyl sites for hydroxylation is 2. The summed E-state index contributed by atoms with van der Waals surface area (Å²) in [5.74, 6) is -1.89. The first-order valence-electron chi connectivity index (χ1n) is 11.2. The van der Waals surface area contributed by atoms with Gasteiger partial charge < -0.3 is 25.1 Å². The van der Waals surface area contributed by atoms with Gasteiger partial charge in [-0.15, -0.1) is 12.4 Å². The van der Waals surface area contributed by atoms with Gasteiger partial charge in [0.2, 0.25) is 5.79 Å². The average Bonchev–Trinajstić information content (AvgIpc) is 2.78. The Morgan fingerprint density at radius 3 is 2.67 bits per heavy atom. The van der Waals surface area contributed by atoms with Gasteiger partial charge in [-0.05, 0) is 61.1 Å². The predicted octanol–water partition coefficient (Wildman–Crippen LogP) is 2.94. The summed E-state index contributed by atoms with van der Waals surface area (Å²) in [6, 6.07) is 6.83. The van der Waals surface area contributed by atoms with Gasteiger partial charge in [-0.2, -0.15) is 0 Å². The molecule has 7 nitrogen and oxygen atoms in total. The van der Waals surface area contributed by atoms with Crippen molar-refractivity contribution in [3.8, 4) is 0 Å². The second kappa shape index (κ2) is 10.3. The second-order valence-corrected chi connectivity index (χ2v) is 9.17. The number of methoxy groups -OCH3 is 2. The Balaban J connectivity index is 0.00000306. The molecule has 1 aliphatic carbocycles. The van der Waals surface area contributed by atoms with E-state index in [1.54, 1.807) is 14.2 Å². The minimum absolute atomic E-state index is 0. The number of hydrogen-bond acceptors (Lipinski definition) is 6. The van der Waals surface area contributed by atoms with Crippen molar-refractivity contribution in [2.75, 3.05) is 33.9 Å². The molecule has 2 saturated heterocycles. The lowest BCUT2D eigenvalue weighted by atomic mass is 9.74. The van der Waals surface area contributed by atoms with Crippen LogP contribution in [0.1, 0.15) is 35.4 Å². The summed E-state index contributed by atoms with van der Waals surface area (Å²) < 4.78 is 17.1. The third-order valence-corrected chi connectivity index (χ3v) is 7.25. The van der Waals surface area contributed by atoms with Gasteiger partial charge in [0.25, 0.3) is 0 Å². The van der Waals surface area contributed by atoms with Crippen LogP contribution in [-0.4, -0.2) is 73.9 Å². The molecule has 0 amide bonds. The van der Waals surface area contributed by atoms with E-state index < -0.39 is 24.5 Å². The van der Waals surface area contributed by atoms with Gasteiger partial charge in [0.1, 0.15) is 12.7 Å². The minimum atomic E-state index is -1.16. The number of benzene rings is 1. The summed E-state index contributed by atoms with van der Waals surface area (Å²) in [4.78, 5) is 13.6. The Morgan fingerprint density at radius 2 is 2.00 bits per heavy atom. The van der Waals surface area contributed by atoms with Gasteiger partial charge in [-0.1, -0.05) is 23.8 Å². The number of piperidine rings is 2. The SMILES string of the molecule is COC1(OC)C=C2C(=CC1OCC(=O)O)CCN1C[C@@H](c3cc(C)ccc3C)[C@H](N)C[C@H]21.Cl. The molecule has 2 fully saturated rings. The average molecular weight is 479 g/mol. The van der Waals surface area contributed by atoms with Crippen molar-refractivity contribution in [1.29, 1.82) is 0 Å². The molecule has 3 N–H and O–H groups in total. The zero-order valence-corrected chi connectivity index (χ0v) is 20.6. The number of nitrogens with two attached hydrogens (primary N) is 1. The number of aliphatic carboxylic acids is 1. The number of carboxylic acids is 1. The fourth-order valence-corrected chi connectivity index (χ4v) is 5.49. The van der Waals surface area contributed by atoms with Crippen molar-refractivity contribution < 1.29 is 24.1 Å².